The summed E-state index contributed by atoms with van der Waals surface area (Å²) in [6.45, 7) is 1.83. The summed E-state index contributed by atoms with van der Waals surface area (Å²) in [5.74, 6) is -1.09. The maximum atomic E-state index is 13.7. The molecule has 1 unspecified atom stereocenters. The molecule has 0 radical (unpaired) electrons. The van der Waals surface area contributed by atoms with E-state index in [0.717, 1.165) is 41.1 Å². The van der Waals surface area contributed by atoms with E-state index in [9.17, 15) is 18.7 Å². The third kappa shape index (κ3) is 4.93. The number of benzene rings is 3. The number of hydrogen-bond donors (Lipinski definition) is 2. The van der Waals surface area contributed by atoms with Crippen molar-refractivity contribution in [3.8, 4) is 11.5 Å². The number of aromatic hydroxyl groups is 1. The fourth-order valence-corrected chi connectivity index (χ4v) is 4.51. The molecule has 3 aromatic carbocycles. The number of carbonyl (C=O) groups is 1. The molecular weight excluding hydrogens is 454 g/mol. The normalized spacial score (nSPS) is 17.0. The van der Waals surface area contributed by atoms with Gasteiger partial charge in [0.25, 0.3) is 12.3 Å². The van der Waals surface area contributed by atoms with Crippen LogP contribution in [0.2, 0.25) is 0 Å². The van der Waals surface area contributed by atoms with Crippen molar-refractivity contribution in [2.45, 2.75) is 31.9 Å². The number of hydrogen-bond acceptors (Lipinski definition) is 5. The van der Waals surface area contributed by atoms with Crippen molar-refractivity contribution in [2.24, 2.45) is 0 Å². The molecular formula is C27H26F2N2O4. The van der Waals surface area contributed by atoms with Gasteiger partial charge in [-0.15, -0.1) is 0 Å². The molecule has 0 aliphatic carbocycles. The van der Waals surface area contributed by atoms with Crippen LogP contribution in [0.15, 0.2) is 60.7 Å². The van der Waals surface area contributed by atoms with Gasteiger partial charge in [-0.3, -0.25) is 4.79 Å². The van der Waals surface area contributed by atoms with Crippen LogP contribution in [0.4, 0.5) is 20.2 Å². The monoisotopic (exact) mass is 480 g/mol. The van der Waals surface area contributed by atoms with Crippen LogP contribution >= 0.6 is 0 Å². The van der Waals surface area contributed by atoms with Crippen LogP contribution in [0, 0.1) is 0 Å². The van der Waals surface area contributed by atoms with Crippen molar-refractivity contribution in [1.82, 2.24) is 0 Å². The predicted molar refractivity (Wildman–Crippen MR) is 129 cm³/mol. The van der Waals surface area contributed by atoms with Gasteiger partial charge in [-0.05, 0) is 48.2 Å². The number of phenols is 1. The third-order valence-electron chi connectivity index (χ3n) is 6.33. The maximum Gasteiger partial charge on any atom is 0.265 e. The highest BCUT2D eigenvalue weighted by Gasteiger charge is 2.31. The first-order chi connectivity index (χ1) is 17.0. The van der Waals surface area contributed by atoms with Gasteiger partial charge in [-0.25, -0.2) is 8.78 Å². The quantitative estimate of drug-likeness (QED) is 0.480. The second-order valence-corrected chi connectivity index (χ2v) is 8.74. The number of phenolic OH excluding ortho intramolecular Hbond substituents is 1. The first kappa shape index (κ1) is 23.1. The molecule has 2 N–H and O–H groups in total. The molecule has 2 heterocycles. The summed E-state index contributed by atoms with van der Waals surface area (Å²) in [5, 5.41) is 14.1. The Morgan fingerprint density at radius 1 is 1.17 bits per heavy atom. The molecule has 182 valence electrons. The van der Waals surface area contributed by atoms with Gasteiger partial charge < -0.3 is 24.8 Å². The Morgan fingerprint density at radius 3 is 2.74 bits per heavy atom. The Balaban J connectivity index is 1.45. The standard InChI is InChI=1S/C27H26F2N2O4/c28-26(29)19-12-23(32)25(24(13-19)35-15-17-4-2-1-3-5-17)27(33)31-10-8-18-6-7-20(14-22(18)31)30-21-9-11-34-16-21/h1-7,12-14,21,26,30,32H,8-11,15-16H2. The van der Waals surface area contributed by atoms with E-state index in [1.807, 2.05) is 48.5 Å². The second-order valence-electron chi connectivity index (χ2n) is 8.74. The molecule has 0 spiro atoms. The van der Waals surface area contributed by atoms with Gasteiger partial charge in [0.2, 0.25) is 0 Å². The molecule has 8 heteroatoms. The van der Waals surface area contributed by atoms with Crippen molar-refractivity contribution in [1.29, 1.82) is 0 Å². The largest absolute Gasteiger partial charge is 0.507 e. The number of nitrogens with zero attached hydrogens (tertiary/aromatic N) is 1. The number of alkyl halides is 2. The van der Waals surface area contributed by atoms with Crippen LogP contribution in [0.1, 0.15) is 39.9 Å². The Labute approximate surface area is 202 Å². The Bertz CT molecular complexity index is 1210. The third-order valence-corrected chi connectivity index (χ3v) is 6.33. The van der Waals surface area contributed by atoms with Gasteiger partial charge in [0, 0.05) is 30.1 Å². The summed E-state index contributed by atoms with van der Waals surface area (Å²) < 4.78 is 38.1. The Hall–Kier alpha value is -3.65. The molecule has 0 saturated carbocycles. The lowest BCUT2D eigenvalue weighted by atomic mass is 10.1. The molecule has 6 nitrogen and oxygen atoms in total. The zero-order valence-corrected chi connectivity index (χ0v) is 19.0. The average molecular weight is 481 g/mol. The smallest absolute Gasteiger partial charge is 0.265 e. The van der Waals surface area contributed by atoms with Crippen LogP contribution in [0.3, 0.4) is 0 Å². The molecule has 1 saturated heterocycles. The number of nitrogens with one attached hydrogen (secondary N) is 1. The fourth-order valence-electron chi connectivity index (χ4n) is 4.51. The van der Waals surface area contributed by atoms with Crippen LogP contribution in [-0.4, -0.2) is 36.8 Å². The molecule has 35 heavy (non-hydrogen) atoms. The molecule has 2 aliphatic rings. The number of carbonyl (C=O) groups excluding carboxylic acids is 1. The second kappa shape index (κ2) is 9.92. The lowest BCUT2D eigenvalue weighted by molar-refractivity contribution is 0.0981. The molecule has 1 fully saturated rings. The van der Waals surface area contributed by atoms with Crippen LogP contribution in [0.25, 0.3) is 0 Å². The molecule has 2 aliphatic heterocycles. The number of anilines is 2. The first-order valence-corrected chi connectivity index (χ1v) is 11.6. The molecule has 0 bridgehead atoms. The van der Waals surface area contributed by atoms with Gasteiger partial charge in [-0.2, -0.15) is 0 Å². The number of amides is 1. The van der Waals surface area contributed by atoms with E-state index < -0.39 is 23.6 Å². The highest BCUT2D eigenvalue weighted by Crippen LogP contribution is 2.39. The van der Waals surface area contributed by atoms with Crippen molar-refractivity contribution in [3.05, 3.63) is 82.9 Å². The Morgan fingerprint density at radius 2 is 2.00 bits per heavy atom. The van der Waals surface area contributed by atoms with Gasteiger partial charge in [0.15, 0.2) is 0 Å². The summed E-state index contributed by atoms with van der Waals surface area (Å²) in [6, 6.07) is 17.3. The van der Waals surface area contributed by atoms with E-state index in [0.29, 0.717) is 26.2 Å². The summed E-state index contributed by atoms with van der Waals surface area (Å²) >= 11 is 0. The summed E-state index contributed by atoms with van der Waals surface area (Å²) in [7, 11) is 0. The highest BCUT2D eigenvalue weighted by molar-refractivity contribution is 6.11. The maximum absolute atomic E-state index is 13.7. The molecule has 1 atom stereocenters. The van der Waals surface area contributed by atoms with Gasteiger partial charge in [0.1, 0.15) is 23.7 Å². The summed E-state index contributed by atoms with van der Waals surface area (Å²) in [5.41, 5.74) is 2.88. The number of ether oxygens (including phenoxy) is 2. The molecule has 3 aromatic rings. The van der Waals surface area contributed by atoms with Crippen molar-refractivity contribution in [2.75, 3.05) is 30.0 Å². The minimum atomic E-state index is -2.81. The zero-order chi connectivity index (χ0) is 24.4. The topological polar surface area (TPSA) is 71.0 Å². The minimum absolute atomic E-state index is 0.0695. The van der Waals surface area contributed by atoms with E-state index in [-0.39, 0.29) is 24.0 Å². The van der Waals surface area contributed by atoms with Crippen LogP contribution < -0.4 is 15.0 Å². The van der Waals surface area contributed by atoms with Crippen LogP contribution in [0.5, 0.6) is 11.5 Å². The van der Waals surface area contributed by atoms with Gasteiger partial charge in [0.05, 0.1) is 12.6 Å². The lowest BCUT2D eigenvalue weighted by Crippen LogP contribution is -2.29. The lowest BCUT2D eigenvalue weighted by Gasteiger charge is -2.22. The highest BCUT2D eigenvalue weighted by atomic mass is 19.3. The van der Waals surface area contributed by atoms with E-state index in [1.165, 1.54) is 0 Å². The zero-order valence-electron chi connectivity index (χ0n) is 19.0. The molecule has 1 amide bonds. The minimum Gasteiger partial charge on any atom is -0.507 e. The summed E-state index contributed by atoms with van der Waals surface area (Å²) in [6.07, 6.45) is -1.25. The van der Waals surface area contributed by atoms with E-state index >= 15 is 0 Å². The summed E-state index contributed by atoms with van der Waals surface area (Å²) in [4.78, 5) is 15.2. The van der Waals surface area contributed by atoms with Crippen LogP contribution in [-0.2, 0) is 17.8 Å². The van der Waals surface area contributed by atoms with Gasteiger partial charge >= 0.3 is 0 Å². The van der Waals surface area contributed by atoms with Gasteiger partial charge in [-0.1, -0.05) is 36.4 Å². The molecule has 5 rings (SSSR count). The van der Waals surface area contributed by atoms with Crippen molar-refractivity contribution < 1.29 is 28.2 Å². The first-order valence-electron chi connectivity index (χ1n) is 11.6. The van der Waals surface area contributed by atoms with Crippen molar-refractivity contribution >= 4 is 17.3 Å². The van der Waals surface area contributed by atoms with E-state index in [1.54, 1.807) is 4.90 Å². The number of fused-ring (bicyclic) bond motifs is 1. The number of rotatable bonds is 7. The van der Waals surface area contributed by atoms with E-state index in [2.05, 4.69) is 5.32 Å². The van der Waals surface area contributed by atoms with E-state index in [4.69, 9.17) is 9.47 Å². The molecule has 0 aromatic heterocycles. The Kier molecular flexibility index (Phi) is 6.55. The average Bonchev–Trinajstić information content (AvgIpc) is 3.52. The SMILES string of the molecule is O=C(c1c(O)cc(C(F)F)cc1OCc1ccccc1)N1CCc2ccc(NC3CCOC3)cc21. The predicted octanol–water partition coefficient (Wildman–Crippen LogP) is 5.31. The fraction of sp³-hybridized carbons (Fsp3) is 0.296. The number of halogens is 2. The van der Waals surface area contributed by atoms with Crippen molar-refractivity contribution in [3.63, 3.8) is 0 Å².